The van der Waals surface area contributed by atoms with Crippen molar-refractivity contribution in [1.82, 2.24) is 10.3 Å². The topological polar surface area (TPSA) is 72.5 Å². The van der Waals surface area contributed by atoms with Crippen molar-refractivity contribution >= 4 is 11.6 Å². The first-order chi connectivity index (χ1) is 9.64. The molecule has 0 bridgehead atoms. The molecule has 1 fully saturated rings. The highest BCUT2D eigenvalue weighted by molar-refractivity contribution is 5.95. The molecule has 0 saturated carbocycles. The molecule has 0 aliphatic carbocycles. The molecule has 1 amide bonds. The molecule has 1 aromatic rings. The number of ether oxygens (including phenoxy) is 2. The second-order valence-electron chi connectivity index (χ2n) is 5.17. The minimum Gasteiger partial charge on any atom is -0.475 e. The zero-order chi connectivity index (χ0) is 14.4. The Labute approximate surface area is 118 Å². The van der Waals surface area contributed by atoms with Gasteiger partial charge in [-0.3, -0.25) is 4.79 Å². The van der Waals surface area contributed by atoms with Gasteiger partial charge in [0.25, 0.3) is 0 Å². The monoisotopic (exact) mass is 279 g/mol. The highest BCUT2D eigenvalue weighted by Gasteiger charge is 2.36. The number of nitrogens with one attached hydrogen (secondary N) is 2. The maximum atomic E-state index is 12.2. The molecule has 0 radical (unpaired) electrons. The van der Waals surface area contributed by atoms with Gasteiger partial charge in [0.15, 0.2) is 0 Å². The number of anilines is 1. The lowest BCUT2D eigenvalue weighted by Crippen LogP contribution is -2.35. The summed E-state index contributed by atoms with van der Waals surface area (Å²) < 4.78 is 10.3. The molecule has 0 spiro atoms. The second kappa shape index (κ2) is 6.67. The number of rotatable bonds is 6. The van der Waals surface area contributed by atoms with Crippen molar-refractivity contribution in [3.8, 4) is 5.88 Å². The molecule has 1 aromatic heterocycles. The van der Waals surface area contributed by atoms with Gasteiger partial charge >= 0.3 is 0 Å². The molecule has 0 aromatic carbocycles. The van der Waals surface area contributed by atoms with Crippen molar-refractivity contribution in [1.29, 1.82) is 0 Å². The van der Waals surface area contributed by atoms with Gasteiger partial charge in [-0.25, -0.2) is 4.98 Å². The molecule has 2 N–H and O–H groups in total. The van der Waals surface area contributed by atoms with E-state index in [1.165, 1.54) is 0 Å². The quantitative estimate of drug-likeness (QED) is 0.761. The lowest BCUT2D eigenvalue weighted by Gasteiger charge is -2.21. The maximum absolute atomic E-state index is 12.2. The number of pyridine rings is 1. The Bertz CT molecular complexity index is 441. The lowest BCUT2D eigenvalue weighted by atomic mass is 9.89. The zero-order valence-corrected chi connectivity index (χ0v) is 11.9. The van der Waals surface area contributed by atoms with E-state index in [2.05, 4.69) is 15.6 Å². The van der Waals surface area contributed by atoms with E-state index < -0.39 is 0 Å². The van der Waals surface area contributed by atoms with E-state index in [0.717, 1.165) is 13.0 Å². The molecular formula is C14H21N3O3. The Morgan fingerprint density at radius 3 is 2.95 bits per heavy atom. The number of nitrogens with zero attached hydrogens (tertiary/aromatic N) is 1. The van der Waals surface area contributed by atoms with Gasteiger partial charge in [0.1, 0.15) is 6.61 Å². The summed E-state index contributed by atoms with van der Waals surface area (Å²) in [6.45, 7) is 4.54. The molecule has 1 saturated heterocycles. The number of carbonyl (C=O) groups excluding carboxylic acids is 1. The SMILES string of the molecule is COCCOc1ccc(NC(=O)C2(C)CCNC2)cn1. The maximum Gasteiger partial charge on any atom is 0.231 e. The minimum absolute atomic E-state index is 0.0253. The van der Waals surface area contributed by atoms with Crippen LogP contribution in [0.4, 0.5) is 5.69 Å². The Morgan fingerprint density at radius 2 is 2.35 bits per heavy atom. The first-order valence-electron chi connectivity index (χ1n) is 6.74. The third kappa shape index (κ3) is 3.68. The molecule has 1 unspecified atom stereocenters. The minimum atomic E-state index is -0.340. The van der Waals surface area contributed by atoms with Gasteiger partial charge in [0, 0.05) is 19.7 Å². The first kappa shape index (κ1) is 14.7. The second-order valence-corrected chi connectivity index (χ2v) is 5.17. The van der Waals surface area contributed by atoms with E-state index in [0.29, 0.717) is 31.3 Å². The molecule has 6 heteroatoms. The summed E-state index contributed by atoms with van der Waals surface area (Å²) in [7, 11) is 1.62. The summed E-state index contributed by atoms with van der Waals surface area (Å²) in [5.41, 5.74) is 0.343. The average Bonchev–Trinajstić information content (AvgIpc) is 2.89. The highest BCUT2D eigenvalue weighted by Crippen LogP contribution is 2.26. The first-order valence-corrected chi connectivity index (χ1v) is 6.74. The number of methoxy groups -OCH3 is 1. The van der Waals surface area contributed by atoms with E-state index in [4.69, 9.17) is 9.47 Å². The van der Waals surface area contributed by atoms with Crippen LogP contribution in [0.3, 0.4) is 0 Å². The van der Waals surface area contributed by atoms with E-state index in [1.807, 2.05) is 6.92 Å². The molecule has 1 aliphatic heterocycles. The smallest absolute Gasteiger partial charge is 0.231 e. The Kier molecular flexibility index (Phi) is 4.92. The Balaban J connectivity index is 1.88. The van der Waals surface area contributed by atoms with Gasteiger partial charge < -0.3 is 20.1 Å². The van der Waals surface area contributed by atoms with Crippen LogP contribution in [0.5, 0.6) is 5.88 Å². The fraction of sp³-hybridized carbons (Fsp3) is 0.571. The fourth-order valence-corrected chi connectivity index (χ4v) is 2.06. The molecule has 6 nitrogen and oxygen atoms in total. The predicted molar refractivity (Wildman–Crippen MR) is 75.8 cm³/mol. The standard InChI is InChI=1S/C14H21N3O3/c1-14(5-6-15-10-14)13(18)17-11-3-4-12(16-9-11)20-8-7-19-2/h3-4,9,15H,5-8,10H2,1-2H3,(H,17,18). The van der Waals surface area contributed by atoms with Crippen LogP contribution in [-0.4, -0.2) is 44.3 Å². The van der Waals surface area contributed by atoms with Crippen molar-refractivity contribution in [3.63, 3.8) is 0 Å². The molecule has 2 rings (SSSR count). The van der Waals surface area contributed by atoms with Crippen molar-refractivity contribution < 1.29 is 14.3 Å². The lowest BCUT2D eigenvalue weighted by molar-refractivity contribution is -0.123. The number of amides is 1. The molecule has 20 heavy (non-hydrogen) atoms. The average molecular weight is 279 g/mol. The molecule has 110 valence electrons. The van der Waals surface area contributed by atoms with Gasteiger partial charge in [0.2, 0.25) is 11.8 Å². The number of hydrogen-bond acceptors (Lipinski definition) is 5. The molecule has 2 heterocycles. The van der Waals surface area contributed by atoms with E-state index in [1.54, 1.807) is 25.4 Å². The predicted octanol–water partition coefficient (Wildman–Crippen LogP) is 1.04. The van der Waals surface area contributed by atoms with Crippen LogP contribution in [-0.2, 0) is 9.53 Å². The van der Waals surface area contributed by atoms with Crippen molar-refractivity contribution in [2.24, 2.45) is 5.41 Å². The van der Waals surface area contributed by atoms with Crippen LogP contribution in [0.1, 0.15) is 13.3 Å². The van der Waals surface area contributed by atoms with Crippen LogP contribution in [0, 0.1) is 5.41 Å². The van der Waals surface area contributed by atoms with E-state index >= 15 is 0 Å². The molecular weight excluding hydrogens is 258 g/mol. The molecule has 1 atom stereocenters. The van der Waals surface area contributed by atoms with Crippen LogP contribution in [0.25, 0.3) is 0 Å². The van der Waals surface area contributed by atoms with Crippen molar-refractivity contribution in [2.75, 3.05) is 38.7 Å². The summed E-state index contributed by atoms with van der Waals surface area (Å²) in [5.74, 6) is 0.547. The van der Waals surface area contributed by atoms with Gasteiger partial charge in [-0.1, -0.05) is 0 Å². The molecule has 1 aliphatic rings. The fourth-order valence-electron chi connectivity index (χ4n) is 2.06. The highest BCUT2D eigenvalue weighted by atomic mass is 16.5. The van der Waals surface area contributed by atoms with Crippen LogP contribution >= 0.6 is 0 Å². The Hall–Kier alpha value is -1.66. The van der Waals surface area contributed by atoms with Crippen molar-refractivity contribution in [2.45, 2.75) is 13.3 Å². The number of hydrogen-bond donors (Lipinski definition) is 2. The van der Waals surface area contributed by atoms with Crippen LogP contribution < -0.4 is 15.4 Å². The zero-order valence-electron chi connectivity index (χ0n) is 11.9. The van der Waals surface area contributed by atoms with Gasteiger partial charge in [-0.15, -0.1) is 0 Å². The van der Waals surface area contributed by atoms with Crippen LogP contribution in [0.2, 0.25) is 0 Å². The third-order valence-electron chi connectivity index (χ3n) is 3.45. The number of aromatic nitrogens is 1. The van der Waals surface area contributed by atoms with Crippen molar-refractivity contribution in [3.05, 3.63) is 18.3 Å². The van der Waals surface area contributed by atoms with E-state index in [9.17, 15) is 4.79 Å². The largest absolute Gasteiger partial charge is 0.475 e. The number of carbonyl (C=O) groups is 1. The summed E-state index contributed by atoms with van der Waals surface area (Å²) in [6.07, 6.45) is 2.45. The summed E-state index contributed by atoms with van der Waals surface area (Å²) in [5, 5.41) is 6.11. The summed E-state index contributed by atoms with van der Waals surface area (Å²) >= 11 is 0. The van der Waals surface area contributed by atoms with Crippen LogP contribution in [0.15, 0.2) is 18.3 Å². The summed E-state index contributed by atoms with van der Waals surface area (Å²) in [6, 6.07) is 3.53. The third-order valence-corrected chi connectivity index (χ3v) is 3.45. The van der Waals surface area contributed by atoms with Gasteiger partial charge in [-0.05, 0) is 26.0 Å². The van der Waals surface area contributed by atoms with Gasteiger partial charge in [-0.2, -0.15) is 0 Å². The summed E-state index contributed by atoms with van der Waals surface area (Å²) in [4.78, 5) is 16.4. The Morgan fingerprint density at radius 1 is 1.50 bits per heavy atom. The van der Waals surface area contributed by atoms with E-state index in [-0.39, 0.29) is 11.3 Å². The van der Waals surface area contributed by atoms with Gasteiger partial charge in [0.05, 0.1) is 23.9 Å². The normalized spacial score (nSPS) is 21.7.